The second-order valence-corrected chi connectivity index (χ2v) is 5.02. The van der Waals surface area contributed by atoms with Crippen molar-refractivity contribution < 1.29 is 9.59 Å². The van der Waals surface area contributed by atoms with Crippen LogP contribution in [-0.4, -0.2) is 23.9 Å². The van der Waals surface area contributed by atoms with Gasteiger partial charge in [-0.15, -0.1) is 12.4 Å². The minimum atomic E-state index is -0.260. The standard InChI is InChI=1S/C14H21N3O2.ClH/c1-4-14(2,3)17-13(19)10-5-7-11(8-6-10)16-12(18)9-15;/h5-8H,4,9,15H2,1-3H3,(H,16,18)(H,17,19);1H. The molecule has 0 aromatic heterocycles. The summed E-state index contributed by atoms with van der Waals surface area (Å²) < 4.78 is 0. The Bertz CT molecular complexity index is 458. The molecule has 0 fully saturated rings. The van der Waals surface area contributed by atoms with Gasteiger partial charge in [-0.25, -0.2) is 0 Å². The fourth-order valence-electron chi connectivity index (χ4n) is 1.38. The van der Waals surface area contributed by atoms with Crippen LogP contribution in [0.15, 0.2) is 24.3 Å². The number of carbonyl (C=O) groups excluding carboxylic acids is 2. The van der Waals surface area contributed by atoms with E-state index in [4.69, 9.17) is 5.73 Å². The average molecular weight is 300 g/mol. The lowest BCUT2D eigenvalue weighted by atomic mass is 10.0. The van der Waals surface area contributed by atoms with Crippen LogP contribution in [-0.2, 0) is 4.79 Å². The lowest BCUT2D eigenvalue weighted by molar-refractivity contribution is -0.114. The Morgan fingerprint density at radius 3 is 2.20 bits per heavy atom. The lowest BCUT2D eigenvalue weighted by Crippen LogP contribution is -2.42. The summed E-state index contributed by atoms with van der Waals surface area (Å²) in [6, 6.07) is 6.71. The Kier molecular flexibility index (Phi) is 7.24. The molecule has 4 N–H and O–H groups in total. The van der Waals surface area contributed by atoms with Gasteiger partial charge in [-0.2, -0.15) is 0 Å². The van der Waals surface area contributed by atoms with Crippen LogP contribution in [0.3, 0.4) is 0 Å². The van der Waals surface area contributed by atoms with Crippen LogP contribution in [0.2, 0.25) is 0 Å². The van der Waals surface area contributed by atoms with E-state index in [-0.39, 0.29) is 36.3 Å². The number of nitrogens with one attached hydrogen (secondary N) is 2. The molecular weight excluding hydrogens is 278 g/mol. The van der Waals surface area contributed by atoms with Gasteiger partial charge < -0.3 is 16.4 Å². The van der Waals surface area contributed by atoms with Crippen molar-refractivity contribution >= 4 is 29.9 Å². The summed E-state index contributed by atoms with van der Waals surface area (Å²) in [7, 11) is 0. The molecule has 0 bridgehead atoms. The predicted molar refractivity (Wildman–Crippen MR) is 83.2 cm³/mol. The van der Waals surface area contributed by atoms with E-state index in [1.807, 2.05) is 20.8 Å². The number of rotatable bonds is 5. The van der Waals surface area contributed by atoms with Gasteiger partial charge in [0.25, 0.3) is 5.91 Å². The molecule has 0 unspecified atom stereocenters. The van der Waals surface area contributed by atoms with Crippen LogP contribution in [0, 0.1) is 0 Å². The molecule has 6 heteroatoms. The fraction of sp³-hybridized carbons (Fsp3) is 0.429. The summed E-state index contributed by atoms with van der Waals surface area (Å²) in [5.41, 5.74) is 6.16. The maximum Gasteiger partial charge on any atom is 0.251 e. The van der Waals surface area contributed by atoms with E-state index in [1.54, 1.807) is 24.3 Å². The number of carbonyl (C=O) groups is 2. The highest BCUT2D eigenvalue weighted by molar-refractivity contribution is 5.96. The van der Waals surface area contributed by atoms with Crippen LogP contribution in [0.1, 0.15) is 37.6 Å². The predicted octanol–water partition coefficient (Wildman–Crippen LogP) is 1.92. The number of halogens is 1. The molecule has 0 aliphatic carbocycles. The molecule has 0 saturated heterocycles. The van der Waals surface area contributed by atoms with Gasteiger partial charge in [0.15, 0.2) is 0 Å². The first-order valence-corrected chi connectivity index (χ1v) is 6.30. The molecule has 1 aromatic carbocycles. The van der Waals surface area contributed by atoms with Crippen LogP contribution >= 0.6 is 12.4 Å². The maximum atomic E-state index is 12.0. The van der Waals surface area contributed by atoms with Crippen LogP contribution in [0.25, 0.3) is 0 Å². The molecule has 20 heavy (non-hydrogen) atoms. The monoisotopic (exact) mass is 299 g/mol. The number of benzene rings is 1. The van der Waals surface area contributed by atoms with Gasteiger partial charge in [-0.3, -0.25) is 9.59 Å². The summed E-state index contributed by atoms with van der Waals surface area (Å²) in [6.07, 6.45) is 0.851. The first kappa shape index (κ1) is 18.4. The Balaban J connectivity index is 0.00000361. The molecule has 0 heterocycles. The van der Waals surface area contributed by atoms with E-state index in [2.05, 4.69) is 10.6 Å². The molecule has 0 atom stereocenters. The van der Waals surface area contributed by atoms with Crippen molar-refractivity contribution in [1.82, 2.24) is 5.32 Å². The Morgan fingerprint density at radius 2 is 1.75 bits per heavy atom. The minimum Gasteiger partial charge on any atom is -0.347 e. The van der Waals surface area contributed by atoms with Crippen molar-refractivity contribution in [3.05, 3.63) is 29.8 Å². The molecular formula is C14H22ClN3O2. The zero-order chi connectivity index (χ0) is 14.5. The number of anilines is 1. The summed E-state index contributed by atoms with van der Waals surface area (Å²) in [5.74, 6) is -0.382. The fourth-order valence-corrected chi connectivity index (χ4v) is 1.38. The van der Waals surface area contributed by atoms with Crippen molar-refractivity contribution in [2.75, 3.05) is 11.9 Å². The Morgan fingerprint density at radius 1 is 1.20 bits per heavy atom. The molecule has 0 spiro atoms. The van der Waals surface area contributed by atoms with Crippen molar-refractivity contribution in [3.63, 3.8) is 0 Å². The molecule has 0 aliphatic heterocycles. The normalized spacial score (nSPS) is 10.4. The van der Waals surface area contributed by atoms with Gasteiger partial charge in [0, 0.05) is 16.8 Å². The van der Waals surface area contributed by atoms with E-state index in [0.29, 0.717) is 11.3 Å². The number of nitrogens with two attached hydrogens (primary N) is 1. The SMILES string of the molecule is CCC(C)(C)NC(=O)c1ccc(NC(=O)CN)cc1.Cl. The summed E-state index contributed by atoms with van der Waals surface area (Å²) in [6.45, 7) is 5.90. The number of amides is 2. The van der Waals surface area contributed by atoms with Crippen molar-refractivity contribution in [2.45, 2.75) is 32.7 Å². The van der Waals surface area contributed by atoms with E-state index in [1.165, 1.54) is 0 Å². The third-order valence-electron chi connectivity index (χ3n) is 2.95. The second-order valence-electron chi connectivity index (χ2n) is 5.02. The third kappa shape index (κ3) is 5.59. The molecule has 5 nitrogen and oxygen atoms in total. The zero-order valence-corrected chi connectivity index (χ0v) is 12.8. The largest absolute Gasteiger partial charge is 0.347 e. The van der Waals surface area contributed by atoms with E-state index < -0.39 is 0 Å². The highest BCUT2D eigenvalue weighted by atomic mass is 35.5. The van der Waals surface area contributed by atoms with Gasteiger partial charge in [-0.05, 0) is 44.5 Å². The van der Waals surface area contributed by atoms with Gasteiger partial charge in [0.1, 0.15) is 0 Å². The quantitative estimate of drug-likeness (QED) is 0.776. The van der Waals surface area contributed by atoms with E-state index in [0.717, 1.165) is 6.42 Å². The molecule has 0 saturated carbocycles. The van der Waals surface area contributed by atoms with Crippen LogP contribution in [0.5, 0.6) is 0 Å². The third-order valence-corrected chi connectivity index (χ3v) is 2.95. The van der Waals surface area contributed by atoms with E-state index >= 15 is 0 Å². The topological polar surface area (TPSA) is 84.2 Å². The minimum absolute atomic E-state index is 0. The summed E-state index contributed by atoms with van der Waals surface area (Å²) in [4.78, 5) is 23.1. The van der Waals surface area contributed by atoms with Crippen molar-refractivity contribution in [2.24, 2.45) is 5.73 Å². The summed E-state index contributed by atoms with van der Waals surface area (Å²) in [5, 5.41) is 5.57. The first-order chi connectivity index (χ1) is 8.88. The molecule has 0 aliphatic rings. The molecule has 0 radical (unpaired) electrons. The van der Waals surface area contributed by atoms with Crippen LogP contribution < -0.4 is 16.4 Å². The van der Waals surface area contributed by atoms with Gasteiger partial charge in [-0.1, -0.05) is 6.92 Å². The van der Waals surface area contributed by atoms with Crippen LogP contribution in [0.4, 0.5) is 5.69 Å². The van der Waals surface area contributed by atoms with Gasteiger partial charge >= 0.3 is 0 Å². The highest BCUT2D eigenvalue weighted by Gasteiger charge is 2.18. The molecule has 1 rings (SSSR count). The highest BCUT2D eigenvalue weighted by Crippen LogP contribution is 2.12. The molecule has 2 amide bonds. The molecule has 112 valence electrons. The smallest absolute Gasteiger partial charge is 0.251 e. The second kappa shape index (κ2) is 7.87. The Hall–Kier alpha value is -1.59. The van der Waals surface area contributed by atoms with Crippen molar-refractivity contribution in [3.8, 4) is 0 Å². The average Bonchev–Trinajstić information content (AvgIpc) is 2.39. The van der Waals surface area contributed by atoms with E-state index in [9.17, 15) is 9.59 Å². The number of hydrogen-bond donors (Lipinski definition) is 3. The zero-order valence-electron chi connectivity index (χ0n) is 12.0. The lowest BCUT2D eigenvalue weighted by Gasteiger charge is -2.24. The van der Waals surface area contributed by atoms with Gasteiger partial charge in [0.05, 0.1) is 6.54 Å². The first-order valence-electron chi connectivity index (χ1n) is 6.30. The number of hydrogen-bond acceptors (Lipinski definition) is 3. The van der Waals surface area contributed by atoms with Gasteiger partial charge in [0.2, 0.25) is 5.91 Å². The summed E-state index contributed by atoms with van der Waals surface area (Å²) >= 11 is 0. The van der Waals surface area contributed by atoms with Crippen molar-refractivity contribution in [1.29, 1.82) is 0 Å². The molecule has 1 aromatic rings. The Labute approximate surface area is 125 Å². The maximum absolute atomic E-state index is 12.0.